The highest BCUT2D eigenvalue weighted by atomic mass is 16.4. The van der Waals surface area contributed by atoms with Crippen LogP contribution in [0.25, 0.3) is 0 Å². The van der Waals surface area contributed by atoms with Gasteiger partial charge in [0.2, 0.25) is 0 Å². The number of rotatable bonds is 4. The van der Waals surface area contributed by atoms with E-state index in [0.29, 0.717) is 24.6 Å². The van der Waals surface area contributed by atoms with Gasteiger partial charge in [-0.05, 0) is 29.9 Å². The van der Waals surface area contributed by atoms with Crippen molar-refractivity contribution in [2.75, 3.05) is 6.54 Å². The van der Waals surface area contributed by atoms with E-state index in [0.717, 1.165) is 23.1 Å². The van der Waals surface area contributed by atoms with Gasteiger partial charge in [-0.3, -0.25) is 4.79 Å². The molecule has 0 spiro atoms. The first kappa shape index (κ1) is 14.9. The number of aromatic hydroxyl groups is 1. The summed E-state index contributed by atoms with van der Waals surface area (Å²) in [7, 11) is 0. The van der Waals surface area contributed by atoms with E-state index in [2.05, 4.69) is 25.2 Å². The second-order valence-electron chi connectivity index (χ2n) is 5.82. The van der Waals surface area contributed by atoms with Crippen LogP contribution in [0.2, 0.25) is 0 Å². The Hall–Kier alpha value is -1.55. The van der Waals surface area contributed by atoms with Crippen molar-refractivity contribution in [3.05, 3.63) is 28.8 Å². The zero-order chi connectivity index (χ0) is 14.9. The number of hydrogen-bond acceptors (Lipinski definition) is 3. The van der Waals surface area contributed by atoms with E-state index in [4.69, 9.17) is 5.11 Å². The van der Waals surface area contributed by atoms with Gasteiger partial charge in [-0.15, -0.1) is 0 Å². The predicted octanol–water partition coefficient (Wildman–Crippen LogP) is 2.81. The Bertz CT molecular complexity index is 511. The highest BCUT2D eigenvalue weighted by molar-refractivity contribution is 5.71. The standard InChI is InChI=1S/C16H23NO3/c1-4-10-5-6-12(9(2)3)14(15(10)18)13-7-11(8-17-13)16(19)20/h5-6,9,11,13,17-18H,4,7-8H2,1-3H3,(H,19,20). The number of aryl methyl sites for hydroxylation is 1. The van der Waals surface area contributed by atoms with Gasteiger partial charge in [0.25, 0.3) is 0 Å². The molecule has 110 valence electrons. The minimum absolute atomic E-state index is 0.0694. The lowest BCUT2D eigenvalue weighted by atomic mass is 9.88. The highest BCUT2D eigenvalue weighted by Gasteiger charge is 2.33. The van der Waals surface area contributed by atoms with Crippen molar-refractivity contribution in [2.24, 2.45) is 5.92 Å². The number of phenolic OH excluding ortho intramolecular Hbond substituents is 1. The van der Waals surface area contributed by atoms with Crippen LogP contribution in [0.5, 0.6) is 5.75 Å². The first-order valence-corrected chi connectivity index (χ1v) is 7.26. The maximum Gasteiger partial charge on any atom is 0.307 e. The Balaban J connectivity index is 2.41. The van der Waals surface area contributed by atoms with Crippen LogP contribution in [0.1, 0.15) is 55.8 Å². The monoisotopic (exact) mass is 277 g/mol. The molecule has 0 radical (unpaired) electrons. The molecule has 1 aliphatic heterocycles. The maximum absolute atomic E-state index is 11.1. The number of hydrogen-bond donors (Lipinski definition) is 3. The first-order chi connectivity index (χ1) is 9.45. The average molecular weight is 277 g/mol. The normalized spacial score (nSPS) is 22.4. The Morgan fingerprint density at radius 2 is 2.15 bits per heavy atom. The van der Waals surface area contributed by atoms with Crippen LogP contribution in [-0.4, -0.2) is 22.7 Å². The fourth-order valence-corrected chi connectivity index (χ4v) is 2.97. The van der Waals surface area contributed by atoms with E-state index in [9.17, 15) is 9.90 Å². The molecule has 0 aromatic heterocycles. The lowest BCUT2D eigenvalue weighted by molar-refractivity contribution is -0.141. The van der Waals surface area contributed by atoms with E-state index in [1.54, 1.807) is 0 Å². The second-order valence-corrected chi connectivity index (χ2v) is 5.82. The van der Waals surface area contributed by atoms with Gasteiger partial charge in [0.1, 0.15) is 5.75 Å². The minimum Gasteiger partial charge on any atom is -0.507 e. The molecule has 4 nitrogen and oxygen atoms in total. The van der Waals surface area contributed by atoms with Gasteiger partial charge in [0.05, 0.1) is 5.92 Å². The Morgan fingerprint density at radius 1 is 1.45 bits per heavy atom. The van der Waals surface area contributed by atoms with Gasteiger partial charge in [-0.25, -0.2) is 0 Å². The number of carboxylic acid groups (broad SMARTS) is 1. The smallest absolute Gasteiger partial charge is 0.307 e. The van der Waals surface area contributed by atoms with E-state index >= 15 is 0 Å². The van der Waals surface area contributed by atoms with Crippen LogP contribution >= 0.6 is 0 Å². The number of aliphatic carboxylic acids is 1. The SMILES string of the molecule is CCc1ccc(C(C)C)c(C2CC(C(=O)O)CN2)c1O. The largest absolute Gasteiger partial charge is 0.507 e. The molecule has 1 fully saturated rings. The molecule has 1 aliphatic rings. The number of carboxylic acids is 1. The van der Waals surface area contributed by atoms with Crippen LogP contribution in [0, 0.1) is 5.92 Å². The van der Waals surface area contributed by atoms with Crippen LogP contribution in [0.3, 0.4) is 0 Å². The number of nitrogens with one attached hydrogen (secondary N) is 1. The fraction of sp³-hybridized carbons (Fsp3) is 0.562. The molecular formula is C16H23NO3. The summed E-state index contributed by atoms with van der Waals surface area (Å²) in [5.74, 6) is -0.503. The van der Waals surface area contributed by atoms with Crippen molar-refractivity contribution in [3.8, 4) is 5.75 Å². The molecule has 0 aliphatic carbocycles. The summed E-state index contributed by atoms with van der Waals surface area (Å²) in [6.45, 7) is 6.66. The van der Waals surface area contributed by atoms with E-state index in [1.807, 2.05) is 13.0 Å². The first-order valence-electron chi connectivity index (χ1n) is 7.26. The third kappa shape index (κ3) is 2.66. The van der Waals surface area contributed by atoms with E-state index < -0.39 is 5.97 Å². The molecule has 20 heavy (non-hydrogen) atoms. The van der Waals surface area contributed by atoms with E-state index in [1.165, 1.54) is 0 Å². The predicted molar refractivity (Wildman–Crippen MR) is 78.1 cm³/mol. The molecule has 2 atom stereocenters. The van der Waals surface area contributed by atoms with Crippen molar-refractivity contribution in [3.63, 3.8) is 0 Å². The molecule has 1 heterocycles. The maximum atomic E-state index is 11.1. The summed E-state index contributed by atoms with van der Waals surface area (Å²) in [5, 5.41) is 22.9. The van der Waals surface area contributed by atoms with Gasteiger partial charge < -0.3 is 15.5 Å². The summed E-state index contributed by atoms with van der Waals surface area (Å²) in [6, 6.07) is 3.96. The van der Waals surface area contributed by atoms with E-state index in [-0.39, 0.29) is 12.0 Å². The molecule has 2 rings (SSSR count). The molecule has 0 saturated carbocycles. The quantitative estimate of drug-likeness (QED) is 0.791. The van der Waals surface area contributed by atoms with Crippen molar-refractivity contribution < 1.29 is 15.0 Å². The Labute approximate surface area is 119 Å². The third-order valence-corrected chi connectivity index (χ3v) is 4.17. The summed E-state index contributed by atoms with van der Waals surface area (Å²) in [6.07, 6.45) is 1.31. The summed E-state index contributed by atoms with van der Waals surface area (Å²) >= 11 is 0. The molecule has 1 aromatic rings. The lowest BCUT2D eigenvalue weighted by Crippen LogP contribution is -2.18. The Kier molecular flexibility index (Phi) is 4.33. The third-order valence-electron chi connectivity index (χ3n) is 4.17. The highest BCUT2D eigenvalue weighted by Crippen LogP contribution is 2.39. The summed E-state index contributed by atoms with van der Waals surface area (Å²) in [5.41, 5.74) is 2.91. The molecule has 0 bridgehead atoms. The van der Waals surface area contributed by atoms with Gasteiger partial charge in [-0.1, -0.05) is 32.9 Å². The zero-order valence-electron chi connectivity index (χ0n) is 12.3. The molecule has 0 amide bonds. The van der Waals surface area contributed by atoms with Gasteiger partial charge in [0, 0.05) is 18.2 Å². The van der Waals surface area contributed by atoms with Gasteiger partial charge >= 0.3 is 5.97 Å². The number of benzene rings is 1. The van der Waals surface area contributed by atoms with Crippen LogP contribution < -0.4 is 5.32 Å². The molecular weight excluding hydrogens is 254 g/mol. The molecule has 4 heteroatoms. The van der Waals surface area contributed by atoms with Crippen molar-refractivity contribution in [2.45, 2.75) is 45.6 Å². The molecule has 3 N–H and O–H groups in total. The van der Waals surface area contributed by atoms with Crippen LogP contribution in [-0.2, 0) is 11.2 Å². The van der Waals surface area contributed by atoms with Crippen LogP contribution in [0.15, 0.2) is 12.1 Å². The molecule has 1 saturated heterocycles. The summed E-state index contributed by atoms with van der Waals surface area (Å²) < 4.78 is 0. The average Bonchev–Trinajstić information content (AvgIpc) is 2.87. The zero-order valence-corrected chi connectivity index (χ0v) is 12.3. The fourth-order valence-electron chi connectivity index (χ4n) is 2.97. The van der Waals surface area contributed by atoms with Gasteiger partial charge in [-0.2, -0.15) is 0 Å². The van der Waals surface area contributed by atoms with Crippen LogP contribution in [0.4, 0.5) is 0 Å². The second kappa shape index (κ2) is 5.83. The van der Waals surface area contributed by atoms with Crippen molar-refractivity contribution in [1.82, 2.24) is 5.32 Å². The topological polar surface area (TPSA) is 69.6 Å². The summed E-state index contributed by atoms with van der Waals surface area (Å²) in [4.78, 5) is 11.1. The minimum atomic E-state index is -0.766. The number of carbonyl (C=O) groups is 1. The molecule has 1 aromatic carbocycles. The Morgan fingerprint density at radius 3 is 2.65 bits per heavy atom. The molecule has 2 unspecified atom stereocenters. The lowest BCUT2D eigenvalue weighted by Gasteiger charge is -2.21. The number of phenols is 1. The van der Waals surface area contributed by atoms with Gasteiger partial charge in [0.15, 0.2) is 0 Å². The van der Waals surface area contributed by atoms with Crippen molar-refractivity contribution >= 4 is 5.97 Å². The van der Waals surface area contributed by atoms with Crippen molar-refractivity contribution in [1.29, 1.82) is 0 Å².